The zero-order valence-corrected chi connectivity index (χ0v) is 14.2. The number of anilines is 3. The molecule has 1 fully saturated rings. The first-order chi connectivity index (χ1) is 11.2. The van der Waals surface area contributed by atoms with Crippen LogP contribution in [0.2, 0.25) is 0 Å². The van der Waals surface area contributed by atoms with E-state index < -0.39 is 0 Å². The quantitative estimate of drug-likeness (QED) is 0.940. The van der Waals surface area contributed by atoms with Gasteiger partial charge in [0.2, 0.25) is 5.95 Å². The Morgan fingerprint density at radius 1 is 1.09 bits per heavy atom. The van der Waals surface area contributed by atoms with Crippen molar-refractivity contribution in [3.63, 3.8) is 0 Å². The fraction of sp³-hybridized carbons (Fsp3) is 0.444. The van der Waals surface area contributed by atoms with Crippen molar-refractivity contribution in [3.8, 4) is 0 Å². The second-order valence-electron chi connectivity index (χ2n) is 6.03. The predicted molar refractivity (Wildman–Crippen MR) is 95.6 cm³/mol. The highest BCUT2D eigenvalue weighted by Gasteiger charge is 2.17. The third kappa shape index (κ3) is 3.62. The highest BCUT2D eigenvalue weighted by atomic mass is 15.3. The Kier molecular flexibility index (Phi) is 4.76. The van der Waals surface area contributed by atoms with Crippen molar-refractivity contribution in [1.82, 2.24) is 14.9 Å². The van der Waals surface area contributed by atoms with Gasteiger partial charge in [-0.2, -0.15) is 4.98 Å². The van der Waals surface area contributed by atoms with Crippen LogP contribution in [0.1, 0.15) is 18.1 Å². The van der Waals surface area contributed by atoms with E-state index in [0.717, 1.165) is 44.2 Å². The molecule has 1 aliphatic rings. The number of likely N-dealkylation sites (N-methyl/N-ethyl adjacent to an activating group) is 1. The van der Waals surface area contributed by atoms with Gasteiger partial charge in [-0.1, -0.05) is 19.1 Å². The summed E-state index contributed by atoms with van der Waals surface area (Å²) >= 11 is 0. The molecule has 5 heteroatoms. The molecule has 1 aromatic heterocycles. The summed E-state index contributed by atoms with van der Waals surface area (Å²) in [6, 6.07) is 8.23. The van der Waals surface area contributed by atoms with Crippen LogP contribution in [-0.4, -0.2) is 47.6 Å². The van der Waals surface area contributed by atoms with E-state index in [0.29, 0.717) is 5.95 Å². The first-order valence-electron chi connectivity index (χ1n) is 8.31. The summed E-state index contributed by atoms with van der Waals surface area (Å²) < 4.78 is 0. The third-order valence-electron chi connectivity index (χ3n) is 4.64. The first kappa shape index (κ1) is 15.7. The van der Waals surface area contributed by atoms with Crippen LogP contribution < -0.4 is 10.2 Å². The fourth-order valence-corrected chi connectivity index (χ4v) is 2.89. The van der Waals surface area contributed by atoms with Gasteiger partial charge in [0, 0.05) is 38.1 Å². The molecule has 0 radical (unpaired) electrons. The molecule has 122 valence electrons. The van der Waals surface area contributed by atoms with Gasteiger partial charge in [0.05, 0.1) is 0 Å². The van der Waals surface area contributed by atoms with Crippen LogP contribution in [-0.2, 0) is 0 Å². The smallest absolute Gasteiger partial charge is 0.229 e. The normalized spacial score (nSPS) is 15.7. The van der Waals surface area contributed by atoms with Crippen molar-refractivity contribution in [3.05, 3.63) is 41.6 Å². The number of benzene rings is 1. The Labute approximate surface area is 138 Å². The summed E-state index contributed by atoms with van der Waals surface area (Å²) in [6.45, 7) is 11.8. The molecule has 5 nitrogen and oxygen atoms in total. The van der Waals surface area contributed by atoms with Crippen molar-refractivity contribution >= 4 is 17.5 Å². The minimum atomic E-state index is 0.661. The van der Waals surface area contributed by atoms with E-state index in [2.05, 4.69) is 59.1 Å². The van der Waals surface area contributed by atoms with E-state index in [9.17, 15) is 0 Å². The number of hydrogen-bond donors (Lipinski definition) is 1. The molecular formula is C18H25N5. The van der Waals surface area contributed by atoms with Gasteiger partial charge in [0.25, 0.3) is 0 Å². The van der Waals surface area contributed by atoms with Crippen molar-refractivity contribution in [1.29, 1.82) is 0 Å². The molecule has 0 bridgehead atoms. The SMILES string of the molecule is CCN1CCN(c2ccnc(Nc3cccc(C)c3C)n2)CC1. The van der Waals surface area contributed by atoms with Crippen LogP contribution in [0.5, 0.6) is 0 Å². The summed E-state index contributed by atoms with van der Waals surface area (Å²) in [7, 11) is 0. The lowest BCUT2D eigenvalue weighted by molar-refractivity contribution is 0.270. The van der Waals surface area contributed by atoms with Crippen LogP contribution in [0.25, 0.3) is 0 Å². The Bertz CT molecular complexity index is 662. The minimum Gasteiger partial charge on any atom is -0.354 e. The van der Waals surface area contributed by atoms with Crippen LogP contribution in [0.15, 0.2) is 30.5 Å². The molecule has 0 atom stereocenters. The third-order valence-corrected chi connectivity index (χ3v) is 4.64. The van der Waals surface area contributed by atoms with E-state index in [1.807, 2.05) is 12.3 Å². The molecule has 0 saturated carbocycles. The van der Waals surface area contributed by atoms with Crippen LogP contribution in [0.3, 0.4) is 0 Å². The van der Waals surface area contributed by atoms with E-state index in [1.165, 1.54) is 11.1 Å². The fourth-order valence-electron chi connectivity index (χ4n) is 2.89. The lowest BCUT2D eigenvalue weighted by atomic mass is 10.1. The van der Waals surface area contributed by atoms with Gasteiger partial charge >= 0.3 is 0 Å². The monoisotopic (exact) mass is 311 g/mol. The highest BCUT2D eigenvalue weighted by Crippen LogP contribution is 2.22. The molecular weight excluding hydrogens is 286 g/mol. The molecule has 23 heavy (non-hydrogen) atoms. The summed E-state index contributed by atoms with van der Waals surface area (Å²) in [5, 5.41) is 3.35. The number of hydrogen-bond acceptors (Lipinski definition) is 5. The lowest BCUT2D eigenvalue weighted by Gasteiger charge is -2.34. The summed E-state index contributed by atoms with van der Waals surface area (Å²) in [6.07, 6.45) is 1.84. The van der Waals surface area contributed by atoms with Crippen LogP contribution in [0.4, 0.5) is 17.5 Å². The van der Waals surface area contributed by atoms with Crippen molar-refractivity contribution in [2.45, 2.75) is 20.8 Å². The van der Waals surface area contributed by atoms with Gasteiger partial charge in [-0.15, -0.1) is 0 Å². The molecule has 2 aromatic rings. The summed E-state index contributed by atoms with van der Waals surface area (Å²) in [5.74, 6) is 1.66. The van der Waals surface area contributed by atoms with Crippen molar-refractivity contribution in [2.75, 3.05) is 42.9 Å². The number of aryl methyl sites for hydroxylation is 1. The van der Waals surface area contributed by atoms with Gasteiger partial charge in [0.15, 0.2) is 0 Å². The Hall–Kier alpha value is -2.14. The maximum atomic E-state index is 4.70. The number of nitrogens with one attached hydrogen (secondary N) is 1. The molecule has 1 aliphatic heterocycles. The van der Waals surface area contributed by atoms with Gasteiger partial charge < -0.3 is 15.1 Å². The molecule has 2 heterocycles. The largest absolute Gasteiger partial charge is 0.354 e. The minimum absolute atomic E-state index is 0.661. The van der Waals surface area contributed by atoms with Crippen molar-refractivity contribution in [2.24, 2.45) is 0 Å². The highest BCUT2D eigenvalue weighted by molar-refractivity contribution is 5.61. The molecule has 0 spiro atoms. The van der Waals surface area contributed by atoms with Gasteiger partial charge in [0.1, 0.15) is 5.82 Å². The molecule has 0 aliphatic carbocycles. The Morgan fingerprint density at radius 3 is 2.61 bits per heavy atom. The van der Waals surface area contributed by atoms with Gasteiger partial charge in [-0.3, -0.25) is 0 Å². The molecule has 1 N–H and O–H groups in total. The van der Waals surface area contributed by atoms with E-state index >= 15 is 0 Å². The summed E-state index contributed by atoms with van der Waals surface area (Å²) in [5.41, 5.74) is 3.57. The Balaban J connectivity index is 1.74. The zero-order chi connectivity index (χ0) is 16.2. The number of piperazine rings is 1. The number of rotatable bonds is 4. The molecule has 0 amide bonds. The molecule has 1 aromatic carbocycles. The van der Waals surface area contributed by atoms with E-state index in [1.54, 1.807) is 0 Å². The topological polar surface area (TPSA) is 44.3 Å². The van der Waals surface area contributed by atoms with Crippen LogP contribution >= 0.6 is 0 Å². The maximum Gasteiger partial charge on any atom is 0.229 e. The van der Waals surface area contributed by atoms with E-state index in [-0.39, 0.29) is 0 Å². The van der Waals surface area contributed by atoms with E-state index in [4.69, 9.17) is 4.98 Å². The van der Waals surface area contributed by atoms with Gasteiger partial charge in [-0.05, 0) is 43.7 Å². The lowest BCUT2D eigenvalue weighted by Crippen LogP contribution is -2.46. The maximum absolute atomic E-state index is 4.70. The standard InChI is InChI=1S/C18H25N5/c1-4-22-10-12-23(13-11-22)17-8-9-19-18(21-17)20-16-7-5-6-14(2)15(16)3/h5-9H,4,10-13H2,1-3H3,(H,19,20,21). The predicted octanol–water partition coefficient (Wildman–Crippen LogP) is 2.98. The first-order valence-corrected chi connectivity index (χ1v) is 8.31. The Morgan fingerprint density at radius 2 is 1.87 bits per heavy atom. The van der Waals surface area contributed by atoms with Crippen molar-refractivity contribution < 1.29 is 0 Å². The molecule has 1 saturated heterocycles. The number of aromatic nitrogens is 2. The average molecular weight is 311 g/mol. The number of nitrogens with zero attached hydrogens (tertiary/aromatic N) is 4. The second-order valence-corrected chi connectivity index (χ2v) is 6.03. The second kappa shape index (κ2) is 6.96. The molecule has 3 rings (SSSR count). The van der Waals surface area contributed by atoms with Gasteiger partial charge in [-0.25, -0.2) is 4.98 Å². The average Bonchev–Trinajstić information content (AvgIpc) is 2.59. The summed E-state index contributed by atoms with van der Waals surface area (Å²) in [4.78, 5) is 13.9. The zero-order valence-electron chi connectivity index (χ0n) is 14.2. The van der Waals surface area contributed by atoms with Crippen LogP contribution in [0, 0.1) is 13.8 Å². The molecule has 0 unspecified atom stereocenters.